The molecule has 3 N–H and O–H groups in total. The molecule has 0 aliphatic heterocycles. The second-order valence-corrected chi connectivity index (χ2v) is 7.44. The Kier molecular flexibility index (Phi) is 5.17. The van der Waals surface area contributed by atoms with Crippen LogP contribution < -0.4 is 10.0 Å². The van der Waals surface area contributed by atoms with Crippen molar-refractivity contribution in [2.45, 2.75) is 6.92 Å². The van der Waals surface area contributed by atoms with E-state index in [4.69, 9.17) is 5.73 Å². The number of anilines is 2. The highest BCUT2D eigenvalue weighted by atomic mass is 32.2. The van der Waals surface area contributed by atoms with Gasteiger partial charge < -0.3 is 5.73 Å². The van der Waals surface area contributed by atoms with Gasteiger partial charge in [-0.3, -0.25) is 9.35 Å². The highest BCUT2D eigenvalue weighted by molar-refractivity contribution is 7.81. The van der Waals surface area contributed by atoms with Crippen LogP contribution in [0.2, 0.25) is 0 Å². The molecule has 1 amide bonds. The van der Waals surface area contributed by atoms with Crippen molar-refractivity contribution in [3.05, 3.63) is 70.9 Å². The average molecular weight is 390 g/mol. The van der Waals surface area contributed by atoms with Crippen molar-refractivity contribution in [2.75, 3.05) is 4.31 Å². The van der Waals surface area contributed by atoms with Crippen molar-refractivity contribution in [1.82, 2.24) is 0 Å². The fourth-order valence-corrected chi connectivity index (χ4v) is 4.13. The summed E-state index contributed by atoms with van der Waals surface area (Å²) in [6, 6.07) is 14.3. The molecular weight excluding hydrogens is 375 g/mol. The van der Waals surface area contributed by atoms with E-state index in [1.165, 1.54) is 12.1 Å². The summed E-state index contributed by atoms with van der Waals surface area (Å²) in [5, 5.41) is 0. The van der Waals surface area contributed by atoms with Crippen LogP contribution in [0, 0.1) is 12.7 Å². The van der Waals surface area contributed by atoms with E-state index in [0.717, 1.165) is 21.2 Å². The van der Waals surface area contributed by atoms with Crippen LogP contribution >= 0.6 is 11.3 Å². The third-order valence-electron chi connectivity index (χ3n) is 3.71. The Hall–Kier alpha value is -2.55. The zero-order valence-corrected chi connectivity index (χ0v) is 15.3. The van der Waals surface area contributed by atoms with Crippen LogP contribution in [0.25, 0.3) is 10.4 Å². The van der Waals surface area contributed by atoms with Gasteiger partial charge in [0.05, 0.1) is 11.4 Å². The first kappa shape index (κ1) is 18.2. The Balaban J connectivity index is 2.14. The van der Waals surface area contributed by atoms with E-state index in [-0.39, 0.29) is 16.4 Å². The Bertz CT molecular complexity index is 969. The van der Waals surface area contributed by atoms with Gasteiger partial charge in [-0.1, -0.05) is 29.8 Å². The average Bonchev–Trinajstić information content (AvgIpc) is 3.02. The fraction of sp³-hybridized carbons (Fsp3) is 0.0556. The number of hydrogen-bond acceptors (Lipinski definition) is 3. The molecule has 3 rings (SSSR count). The summed E-state index contributed by atoms with van der Waals surface area (Å²) in [7, 11) is 0. The molecule has 26 heavy (non-hydrogen) atoms. The molecule has 1 aromatic heterocycles. The first-order chi connectivity index (χ1) is 12.4. The number of benzene rings is 2. The Morgan fingerprint density at radius 2 is 1.77 bits per heavy atom. The van der Waals surface area contributed by atoms with Gasteiger partial charge in [0.1, 0.15) is 10.7 Å². The molecule has 1 unspecified atom stereocenters. The highest BCUT2D eigenvalue weighted by Gasteiger charge is 2.24. The molecule has 0 saturated carbocycles. The minimum absolute atomic E-state index is 0.146. The van der Waals surface area contributed by atoms with E-state index in [9.17, 15) is 17.9 Å². The van der Waals surface area contributed by atoms with Crippen molar-refractivity contribution in [3.8, 4) is 10.4 Å². The number of nitrogens with zero attached hydrogens (tertiary/aromatic N) is 1. The summed E-state index contributed by atoms with van der Waals surface area (Å²) in [5.74, 6) is -1.08. The van der Waals surface area contributed by atoms with Crippen LogP contribution in [0.1, 0.15) is 15.2 Å². The molecule has 3 aromatic rings. The van der Waals surface area contributed by atoms with Gasteiger partial charge in [-0.05, 0) is 42.8 Å². The third-order valence-corrected chi connectivity index (χ3v) is 5.62. The molecule has 134 valence electrons. The lowest BCUT2D eigenvalue weighted by Crippen LogP contribution is -2.22. The standard InChI is InChI=1S/C18H15FN2O3S2/c1-11-2-8-14(9-3-11)21(26(23)24)15-10-16(25-17(15)18(20)22)12-4-6-13(19)7-5-12/h2-10H,1H3,(H2,20,22)(H,23,24). The minimum Gasteiger partial charge on any atom is -0.365 e. The van der Waals surface area contributed by atoms with Gasteiger partial charge in [-0.15, -0.1) is 11.3 Å². The molecule has 2 aromatic carbocycles. The molecule has 1 heterocycles. The maximum absolute atomic E-state index is 13.2. The molecule has 8 heteroatoms. The van der Waals surface area contributed by atoms with Crippen molar-refractivity contribution >= 4 is 39.9 Å². The summed E-state index contributed by atoms with van der Waals surface area (Å²) in [4.78, 5) is 12.7. The summed E-state index contributed by atoms with van der Waals surface area (Å²) < 4.78 is 36.1. The number of hydrogen-bond donors (Lipinski definition) is 2. The Morgan fingerprint density at radius 1 is 1.15 bits per heavy atom. The SMILES string of the molecule is Cc1ccc(N(c2cc(-c3ccc(F)cc3)sc2C(N)=O)S(=O)O)cc1. The van der Waals surface area contributed by atoms with Gasteiger partial charge >= 0.3 is 0 Å². The molecule has 0 radical (unpaired) electrons. The highest BCUT2D eigenvalue weighted by Crippen LogP contribution is 2.40. The van der Waals surface area contributed by atoms with E-state index >= 15 is 0 Å². The molecule has 1 atom stereocenters. The minimum atomic E-state index is -2.41. The maximum atomic E-state index is 13.2. The lowest BCUT2D eigenvalue weighted by molar-refractivity contribution is 0.100. The number of aryl methyl sites for hydroxylation is 1. The lowest BCUT2D eigenvalue weighted by Gasteiger charge is -2.19. The number of halogens is 1. The van der Waals surface area contributed by atoms with E-state index in [1.54, 1.807) is 42.5 Å². The van der Waals surface area contributed by atoms with Crippen molar-refractivity contribution in [1.29, 1.82) is 0 Å². The Labute approximate surface area is 156 Å². The monoisotopic (exact) mass is 390 g/mol. The van der Waals surface area contributed by atoms with E-state index in [2.05, 4.69) is 0 Å². The zero-order valence-electron chi connectivity index (χ0n) is 13.7. The van der Waals surface area contributed by atoms with E-state index in [1.807, 2.05) is 6.92 Å². The van der Waals surface area contributed by atoms with Crippen molar-refractivity contribution in [2.24, 2.45) is 5.73 Å². The van der Waals surface area contributed by atoms with Gasteiger partial charge in [-0.25, -0.2) is 12.9 Å². The van der Waals surface area contributed by atoms with Crippen LogP contribution in [0.3, 0.4) is 0 Å². The van der Waals surface area contributed by atoms with Crippen LogP contribution in [0.5, 0.6) is 0 Å². The fourth-order valence-electron chi connectivity index (χ4n) is 2.46. The molecule has 0 fully saturated rings. The number of primary amides is 1. The Morgan fingerprint density at radius 3 is 2.31 bits per heavy atom. The number of thiophene rings is 1. The second-order valence-electron chi connectivity index (χ2n) is 5.56. The zero-order chi connectivity index (χ0) is 18.8. The number of rotatable bonds is 5. The van der Waals surface area contributed by atoms with Crippen molar-refractivity contribution in [3.63, 3.8) is 0 Å². The first-order valence-electron chi connectivity index (χ1n) is 7.54. The second kappa shape index (κ2) is 7.36. The van der Waals surface area contributed by atoms with Crippen LogP contribution in [-0.4, -0.2) is 14.7 Å². The maximum Gasteiger partial charge on any atom is 0.266 e. The summed E-state index contributed by atoms with van der Waals surface area (Å²) in [6.45, 7) is 1.90. The normalized spacial score (nSPS) is 12.0. The molecule has 5 nitrogen and oxygen atoms in total. The molecule has 0 saturated heterocycles. The number of carbonyl (C=O) groups is 1. The predicted octanol–water partition coefficient (Wildman–Crippen LogP) is 4.24. The van der Waals surface area contributed by atoms with Gasteiger partial charge in [0.25, 0.3) is 17.2 Å². The molecule has 0 bridgehead atoms. The number of nitrogens with two attached hydrogens (primary N) is 1. The molecular formula is C18H15FN2O3S2. The summed E-state index contributed by atoms with van der Waals surface area (Å²) >= 11 is -1.33. The van der Waals surface area contributed by atoms with Crippen LogP contribution in [0.4, 0.5) is 15.8 Å². The van der Waals surface area contributed by atoms with E-state index in [0.29, 0.717) is 16.1 Å². The smallest absolute Gasteiger partial charge is 0.266 e. The number of amides is 1. The van der Waals surface area contributed by atoms with Gasteiger partial charge in [0, 0.05) is 4.88 Å². The third kappa shape index (κ3) is 3.67. The molecule has 0 aliphatic carbocycles. The largest absolute Gasteiger partial charge is 0.365 e. The molecule has 0 aliphatic rings. The van der Waals surface area contributed by atoms with Gasteiger partial charge in [-0.2, -0.15) is 0 Å². The van der Waals surface area contributed by atoms with Gasteiger partial charge in [0.2, 0.25) is 0 Å². The summed E-state index contributed by atoms with van der Waals surface area (Å²) in [6.07, 6.45) is 0. The molecule has 0 spiro atoms. The van der Waals surface area contributed by atoms with Crippen LogP contribution in [0.15, 0.2) is 54.6 Å². The van der Waals surface area contributed by atoms with Gasteiger partial charge in [0.15, 0.2) is 0 Å². The topological polar surface area (TPSA) is 83.6 Å². The van der Waals surface area contributed by atoms with Crippen LogP contribution in [-0.2, 0) is 11.3 Å². The predicted molar refractivity (Wildman–Crippen MR) is 102 cm³/mol. The quantitative estimate of drug-likeness (QED) is 0.639. The van der Waals surface area contributed by atoms with E-state index < -0.39 is 17.2 Å². The summed E-state index contributed by atoms with van der Waals surface area (Å²) in [5.41, 5.74) is 7.82. The van der Waals surface area contributed by atoms with Crippen molar-refractivity contribution < 1.29 is 17.9 Å². The number of carbonyl (C=O) groups excluding carboxylic acids is 1. The lowest BCUT2D eigenvalue weighted by atomic mass is 10.1. The first-order valence-corrected chi connectivity index (χ1v) is 9.42.